The van der Waals surface area contributed by atoms with Crippen LogP contribution in [0.4, 0.5) is 0 Å². The maximum Gasteiger partial charge on any atom is 0.306 e. The van der Waals surface area contributed by atoms with Gasteiger partial charge in [-0.25, -0.2) is 0 Å². The molecule has 0 amide bonds. The molecule has 0 fully saturated rings. The molecule has 0 bridgehead atoms. The Balaban J connectivity index is 3.23. The number of hydrogen-bond acceptors (Lipinski definition) is 5. The van der Waals surface area contributed by atoms with Gasteiger partial charge in [0.05, 0.1) is 6.61 Å². The van der Waals surface area contributed by atoms with Gasteiger partial charge in [-0.15, -0.1) is 0 Å². The molecule has 1 N–H and O–H groups in total. The highest BCUT2D eigenvalue weighted by Crippen LogP contribution is 2.15. The standard InChI is InChI=1S/C31H60O5/c1-3-4-5-6-7-8-9-10-11-12-13-14-15-16-17-18-19-20-21-22-23-24-25-26-31(34)36-30(27-32)28-35-29(2)33/h30,32H,3-28H2,1-2H3. The van der Waals surface area contributed by atoms with Gasteiger partial charge in [0.25, 0.3) is 0 Å². The lowest BCUT2D eigenvalue weighted by molar-refractivity contribution is -0.160. The summed E-state index contributed by atoms with van der Waals surface area (Å²) in [5.74, 6) is -0.774. The second-order valence-electron chi connectivity index (χ2n) is 10.6. The second kappa shape index (κ2) is 28.5. The Morgan fingerprint density at radius 2 is 0.917 bits per heavy atom. The van der Waals surface area contributed by atoms with Crippen molar-refractivity contribution in [1.29, 1.82) is 0 Å². The Hall–Kier alpha value is -1.10. The van der Waals surface area contributed by atoms with Gasteiger partial charge in [-0.1, -0.05) is 148 Å². The van der Waals surface area contributed by atoms with Gasteiger partial charge in [-0.2, -0.15) is 0 Å². The molecule has 36 heavy (non-hydrogen) atoms. The minimum absolute atomic E-state index is 0.0863. The van der Waals surface area contributed by atoms with Crippen LogP contribution in [0.25, 0.3) is 0 Å². The van der Waals surface area contributed by atoms with Crippen molar-refractivity contribution >= 4 is 11.9 Å². The molecule has 1 unspecified atom stereocenters. The molecule has 0 radical (unpaired) electrons. The van der Waals surface area contributed by atoms with Crippen molar-refractivity contribution in [2.75, 3.05) is 13.2 Å². The fourth-order valence-corrected chi connectivity index (χ4v) is 4.63. The quantitative estimate of drug-likeness (QED) is 0.0837. The van der Waals surface area contributed by atoms with Crippen LogP contribution in [0.1, 0.15) is 168 Å². The fraction of sp³-hybridized carbons (Fsp3) is 0.935. The summed E-state index contributed by atoms with van der Waals surface area (Å²) in [5, 5.41) is 9.18. The first-order valence-electron chi connectivity index (χ1n) is 15.5. The molecule has 0 spiro atoms. The Kier molecular flexibility index (Phi) is 27.6. The number of aliphatic hydroxyl groups is 1. The van der Waals surface area contributed by atoms with Crippen LogP contribution < -0.4 is 0 Å². The first kappa shape index (κ1) is 34.9. The first-order valence-corrected chi connectivity index (χ1v) is 15.5. The van der Waals surface area contributed by atoms with Gasteiger partial charge in [-0.05, 0) is 6.42 Å². The van der Waals surface area contributed by atoms with Gasteiger partial charge < -0.3 is 14.6 Å². The lowest BCUT2D eigenvalue weighted by atomic mass is 10.0. The molecule has 0 saturated heterocycles. The van der Waals surface area contributed by atoms with E-state index in [0.29, 0.717) is 6.42 Å². The Morgan fingerprint density at radius 1 is 0.583 bits per heavy atom. The van der Waals surface area contributed by atoms with E-state index in [1.54, 1.807) is 0 Å². The summed E-state index contributed by atoms with van der Waals surface area (Å²) in [6, 6.07) is 0. The molecule has 0 rings (SSSR count). The number of hydrogen-bond donors (Lipinski definition) is 1. The maximum absolute atomic E-state index is 11.8. The largest absolute Gasteiger partial charge is 0.462 e. The van der Waals surface area contributed by atoms with Crippen molar-refractivity contribution in [1.82, 2.24) is 0 Å². The zero-order chi connectivity index (χ0) is 26.5. The summed E-state index contributed by atoms with van der Waals surface area (Å²) in [6.45, 7) is 3.15. The highest BCUT2D eigenvalue weighted by molar-refractivity contribution is 5.69. The zero-order valence-corrected chi connectivity index (χ0v) is 24.0. The van der Waals surface area contributed by atoms with Crippen molar-refractivity contribution in [3.63, 3.8) is 0 Å². The second-order valence-corrected chi connectivity index (χ2v) is 10.6. The number of carbonyl (C=O) groups excluding carboxylic acids is 2. The van der Waals surface area contributed by atoms with E-state index in [-0.39, 0.29) is 19.2 Å². The van der Waals surface area contributed by atoms with Crippen LogP contribution in [0.2, 0.25) is 0 Å². The van der Waals surface area contributed by atoms with E-state index >= 15 is 0 Å². The van der Waals surface area contributed by atoms with E-state index in [9.17, 15) is 14.7 Å². The third-order valence-corrected chi connectivity index (χ3v) is 6.96. The Morgan fingerprint density at radius 3 is 1.22 bits per heavy atom. The molecule has 0 aromatic carbocycles. The summed E-state index contributed by atoms with van der Waals surface area (Å²) in [7, 11) is 0. The van der Waals surface area contributed by atoms with E-state index in [1.807, 2.05) is 0 Å². The molecular weight excluding hydrogens is 452 g/mol. The predicted octanol–water partition coefficient (Wildman–Crippen LogP) is 8.84. The van der Waals surface area contributed by atoms with Gasteiger partial charge in [0, 0.05) is 13.3 Å². The summed E-state index contributed by atoms with van der Waals surface area (Å²) in [6.07, 6.45) is 30.6. The number of carbonyl (C=O) groups is 2. The molecule has 0 aromatic heterocycles. The SMILES string of the molecule is CCCCCCCCCCCCCCCCCCCCCCCCCC(=O)OC(CO)COC(C)=O. The topological polar surface area (TPSA) is 72.8 Å². The molecule has 0 aliphatic carbocycles. The molecule has 0 heterocycles. The van der Waals surface area contributed by atoms with E-state index in [1.165, 1.54) is 135 Å². The molecule has 214 valence electrons. The average molecular weight is 513 g/mol. The zero-order valence-electron chi connectivity index (χ0n) is 24.0. The number of ether oxygens (including phenoxy) is 2. The fourth-order valence-electron chi connectivity index (χ4n) is 4.63. The number of rotatable bonds is 28. The molecule has 0 aliphatic rings. The Bertz CT molecular complexity index is 480. The van der Waals surface area contributed by atoms with Gasteiger partial charge in [0.1, 0.15) is 6.61 Å². The summed E-state index contributed by atoms with van der Waals surface area (Å²) >= 11 is 0. The van der Waals surface area contributed by atoms with Crippen LogP contribution in [0.3, 0.4) is 0 Å². The molecule has 1 atom stereocenters. The first-order chi connectivity index (χ1) is 17.6. The average Bonchev–Trinajstić information content (AvgIpc) is 2.86. The van der Waals surface area contributed by atoms with Gasteiger partial charge in [0.2, 0.25) is 0 Å². The predicted molar refractivity (Wildman–Crippen MR) is 150 cm³/mol. The molecule has 5 nitrogen and oxygen atoms in total. The van der Waals surface area contributed by atoms with Crippen molar-refractivity contribution in [3.8, 4) is 0 Å². The lowest BCUT2D eigenvalue weighted by Crippen LogP contribution is -2.28. The number of unbranched alkanes of at least 4 members (excludes halogenated alkanes) is 22. The van der Waals surface area contributed by atoms with Gasteiger partial charge in [0.15, 0.2) is 6.10 Å². The summed E-state index contributed by atoms with van der Waals surface area (Å²) < 4.78 is 9.91. The number of esters is 2. The van der Waals surface area contributed by atoms with E-state index in [2.05, 4.69) is 6.92 Å². The molecule has 0 aromatic rings. The lowest BCUT2D eigenvalue weighted by Gasteiger charge is -2.15. The van der Waals surface area contributed by atoms with Gasteiger partial charge in [-0.3, -0.25) is 9.59 Å². The van der Waals surface area contributed by atoms with Crippen LogP contribution >= 0.6 is 0 Å². The van der Waals surface area contributed by atoms with Crippen LogP contribution in [0.5, 0.6) is 0 Å². The van der Waals surface area contributed by atoms with Crippen LogP contribution in [-0.4, -0.2) is 36.4 Å². The van der Waals surface area contributed by atoms with Crippen LogP contribution in [0.15, 0.2) is 0 Å². The minimum Gasteiger partial charge on any atom is -0.462 e. The van der Waals surface area contributed by atoms with Crippen molar-refractivity contribution in [3.05, 3.63) is 0 Å². The van der Waals surface area contributed by atoms with Crippen LogP contribution in [-0.2, 0) is 19.1 Å². The highest BCUT2D eigenvalue weighted by atomic mass is 16.6. The van der Waals surface area contributed by atoms with Crippen LogP contribution in [0, 0.1) is 0 Å². The van der Waals surface area contributed by atoms with E-state index in [4.69, 9.17) is 9.47 Å². The van der Waals surface area contributed by atoms with Crippen molar-refractivity contribution in [2.45, 2.75) is 174 Å². The third-order valence-electron chi connectivity index (χ3n) is 6.96. The van der Waals surface area contributed by atoms with Crippen molar-refractivity contribution in [2.24, 2.45) is 0 Å². The van der Waals surface area contributed by atoms with E-state index in [0.717, 1.165) is 19.3 Å². The summed E-state index contributed by atoms with van der Waals surface area (Å²) in [4.78, 5) is 22.6. The maximum atomic E-state index is 11.8. The van der Waals surface area contributed by atoms with Gasteiger partial charge >= 0.3 is 11.9 Å². The monoisotopic (exact) mass is 512 g/mol. The highest BCUT2D eigenvalue weighted by Gasteiger charge is 2.14. The van der Waals surface area contributed by atoms with E-state index < -0.39 is 12.1 Å². The summed E-state index contributed by atoms with van der Waals surface area (Å²) in [5.41, 5.74) is 0. The van der Waals surface area contributed by atoms with Crippen molar-refractivity contribution < 1.29 is 24.2 Å². The molecule has 0 saturated carbocycles. The molecule has 5 heteroatoms. The molecular formula is C31H60O5. The molecule has 0 aliphatic heterocycles. The number of aliphatic hydroxyl groups excluding tert-OH is 1. The smallest absolute Gasteiger partial charge is 0.306 e. The Labute approximate surface area is 223 Å². The third kappa shape index (κ3) is 27.5. The normalized spacial score (nSPS) is 12.0. The minimum atomic E-state index is -0.758.